The maximum atomic E-state index is 6.57. The Kier molecular flexibility index (Phi) is 9.47. The van der Waals surface area contributed by atoms with Crippen molar-refractivity contribution in [1.82, 2.24) is 14.1 Å². The molecule has 0 aliphatic heterocycles. The van der Waals surface area contributed by atoms with Crippen molar-refractivity contribution in [2.24, 2.45) is 0 Å². The minimum absolute atomic E-state index is 0. The predicted octanol–water partition coefficient (Wildman–Crippen LogP) is 11.5. The van der Waals surface area contributed by atoms with E-state index in [9.17, 15) is 0 Å². The minimum atomic E-state index is -0.0741. The number of benzene rings is 5. The molecule has 0 N–H and O–H groups in total. The summed E-state index contributed by atoms with van der Waals surface area (Å²) < 4.78 is 13.1. The van der Waals surface area contributed by atoms with Gasteiger partial charge in [-0.15, -0.1) is 29.7 Å². The first-order chi connectivity index (χ1) is 25.2. The monoisotopic (exact) mass is 889 g/mol. The Balaban J connectivity index is 0.00000450. The fourth-order valence-corrected chi connectivity index (χ4v) is 7.32. The molecular formula is C48H46N4OPt-2. The van der Waals surface area contributed by atoms with Gasteiger partial charge in [-0.2, -0.15) is 18.2 Å². The molecule has 8 rings (SSSR count). The van der Waals surface area contributed by atoms with E-state index in [4.69, 9.17) is 9.72 Å². The van der Waals surface area contributed by atoms with Crippen LogP contribution in [0.5, 0.6) is 11.5 Å². The van der Waals surface area contributed by atoms with Crippen LogP contribution in [0.2, 0.25) is 0 Å². The number of hydrogen-bond donors (Lipinski definition) is 0. The number of nitrogens with zero attached hydrogens (tertiary/aromatic N) is 4. The third-order valence-corrected chi connectivity index (χ3v) is 10.1. The van der Waals surface area contributed by atoms with Gasteiger partial charge in [0.25, 0.3) is 6.33 Å². The number of aromatic nitrogens is 4. The van der Waals surface area contributed by atoms with Gasteiger partial charge in [0.05, 0.1) is 16.7 Å². The summed E-state index contributed by atoms with van der Waals surface area (Å²) in [5.41, 5.74) is 9.73. The molecule has 0 amide bonds. The van der Waals surface area contributed by atoms with Crippen molar-refractivity contribution in [3.05, 3.63) is 151 Å². The topological polar surface area (TPSA) is 35.9 Å². The average Bonchev–Trinajstić information content (AvgIpc) is 3.66. The van der Waals surface area contributed by atoms with Crippen molar-refractivity contribution in [3.8, 4) is 28.7 Å². The maximum Gasteiger partial charge on any atom is 0.268 e. The predicted molar refractivity (Wildman–Crippen MR) is 216 cm³/mol. The number of rotatable bonds is 5. The molecule has 276 valence electrons. The molecule has 3 heterocycles. The van der Waals surface area contributed by atoms with Crippen LogP contribution in [0.25, 0.3) is 50.0 Å². The van der Waals surface area contributed by atoms with Crippen molar-refractivity contribution < 1.29 is 30.4 Å². The van der Waals surface area contributed by atoms with Crippen molar-refractivity contribution in [2.75, 3.05) is 0 Å². The number of imidazole rings is 1. The van der Waals surface area contributed by atoms with E-state index in [-0.39, 0.29) is 37.3 Å². The van der Waals surface area contributed by atoms with Gasteiger partial charge in [-0.25, -0.2) is 4.98 Å². The Bertz CT molecular complexity index is 2630. The summed E-state index contributed by atoms with van der Waals surface area (Å²) in [6, 6.07) is 45.2. The van der Waals surface area contributed by atoms with Crippen molar-refractivity contribution in [1.29, 1.82) is 0 Å². The molecule has 0 saturated carbocycles. The van der Waals surface area contributed by atoms with Gasteiger partial charge in [0.15, 0.2) is 0 Å². The molecule has 54 heavy (non-hydrogen) atoms. The van der Waals surface area contributed by atoms with Crippen LogP contribution in [0.15, 0.2) is 115 Å². The standard InChI is InChI=1S/C48H46N4O.Pt/c1-46(2,3)32-26-27-49-44(28-32)52-40-21-11-10-18-36(40)37-25-24-35(30-43(37)52)53-34-17-14-16-33(29-34)50-31-51(42-23-13-12-22-41(42)50)45-38(47(4,5)6)19-15-20-39(45)48(7,8)9;/h10-28H,1-9H3;/q-2;. The van der Waals surface area contributed by atoms with Crippen LogP contribution in [-0.4, -0.2) is 14.1 Å². The zero-order valence-electron chi connectivity index (χ0n) is 32.5. The summed E-state index contributed by atoms with van der Waals surface area (Å²) in [6.07, 6.45) is 5.64. The van der Waals surface area contributed by atoms with E-state index in [0.29, 0.717) is 11.5 Å². The number of hydrogen-bond acceptors (Lipinski definition) is 2. The molecule has 0 aliphatic carbocycles. The second-order valence-electron chi connectivity index (χ2n) is 17.1. The second kappa shape index (κ2) is 13.7. The summed E-state index contributed by atoms with van der Waals surface area (Å²) in [6.45, 7) is 20.3. The zero-order valence-corrected chi connectivity index (χ0v) is 34.8. The van der Waals surface area contributed by atoms with Crippen LogP contribution in [-0.2, 0) is 37.3 Å². The van der Waals surface area contributed by atoms with E-state index in [1.54, 1.807) is 0 Å². The quantitative estimate of drug-likeness (QED) is 0.127. The van der Waals surface area contributed by atoms with Gasteiger partial charge in [-0.1, -0.05) is 128 Å². The molecule has 0 atom stereocenters. The molecule has 0 saturated heterocycles. The fraction of sp³-hybridized carbons (Fsp3) is 0.250. The number of pyridine rings is 1. The zero-order chi connectivity index (χ0) is 37.3. The van der Waals surface area contributed by atoms with E-state index < -0.39 is 0 Å². The first-order valence-corrected chi connectivity index (χ1v) is 18.4. The summed E-state index contributed by atoms with van der Waals surface area (Å²) in [5, 5.41) is 2.24. The molecule has 0 bridgehead atoms. The van der Waals surface area contributed by atoms with E-state index >= 15 is 0 Å². The molecule has 8 aromatic rings. The molecule has 5 nitrogen and oxygen atoms in total. The second-order valence-corrected chi connectivity index (χ2v) is 17.1. The SMILES string of the molecule is CC(C)(C)c1ccnc(-n2c3[c-]c(Oc4[c-]c(-n5[c-][n+](-c6c(C(C)(C)C)cccc6C(C)(C)C)c6ccccc65)ccc4)ccc3c3ccccc32)c1.[Pt]. The minimum Gasteiger partial charge on any atom is -0.510 e. The van der Waals surface area contributed by atoms with Gasteiger partial charge in [0, 0.05) is 44.3 Å². The average molecular weight is 890 g/mol. The first kappa shape index (κ1) is 37.3. The molecule has 5 aromatic carbocycles. The van der Waals surface area contributed by atoms with Gasteiger partial charge >= 0.3 is 0 Å². The summed E-state index contributed by atoms with van der Waals surface area (Å²) in [5.74, 6) is 2.06. The summed E-state index contributed by atoms with van der Waals surface area (Å²) in [7, 11) is 0. The van der Waals surface area contributed by atoms with Gasteiger partial charge in [-0.05, 0) is 62.2 Å². The van der Waals surface area contributed by atoms with E-state index in [1.807, 2.05) is 24.4 Å². The Morgan fingerprint density at radius 3 is 1.96 bits per heavy atom. The van der Waals surface area contributed by atoms with Crippen LogP contribution in [0.4, 0.5) is 0 Å². The third kappa shape index (κ3) is 6.68. The number of para-hydroxylation sites is 4. The van der Waals surface area contributed by atoms with Gasteiger partial charge in [0.2, 0.25) is 0 Å². The molecule has 6 heteroatoms. The maximum absolute atomic E-state index is 6.57. The van der Waals surface area contributed by atoms with Crippen molar-refractivity contribution in [3.63, 3.8) is 0 Å². The van der Waals surface area contributed by atoms with Crippen LogP contribution >= 0.6 is 0 Å². The Morgan fingerprint density at radius 2 is 1.26 bits per heavy atom. The largest absolute Gasteiger partial charge is 0.510 e. The smallest absolute Gasteiger partial charge is 0.268 e. The van der Waals surface area contributed by atoms with Crippen molar-refractivity contribution >= 4 is 32.8 Å². The summed E-state index contributed by atoms with van der Waals surface area (Å²) >= 11 is 0. The fourth-order valence-electron chi connectivity index (χ4n) is 7.32. The van der Waals surface area contributed by atoms with Crippen LogP contribution in [0, 0.1) is 18.5 Å². The Morgan fingerprint density at radius 1 is 0.611 bits per heavy atom. The van der Waals surface area contributed by atoms with Gasteiger partial charge in [-0.3, -0.25) is 4.57 Å². The molecule has 3 aromatic heterocycles. The molecule has 0 spiro atoms. The summed E-state index contributed by atoms with van der Waals surface area (Å²) in [4.78, 5) is 4.83. The molecule has 0 fully saturated rings. The van der Waals surface area contributed by atoms with Gasteiger partial charge < -0.3 is 13.9 Å². The van der Waals surface area contributed by atoms with E-state index in [1.165, 1.54) is 22.4 Å². The molecule has 0 radical (unpaired) electrons. The molecule has 0 aliphatic rings. The molecular weight excluding hydrogens is 844 g/mol. The number of fused-ring (bicyclic) bond motifs is 4. The van der Waals surface area contributed by atoms with E-state index in [2.05, 4.69) is 185 Å². The normalized spacial score (nSPS) is 12.4. The molecule has 0 unspecified atom stereocenters. The van der Waals surface area contributed by atoms with Crippen LogP contribution in [0.3, 0.4) is 0 Å². The van der Waals surface area contributed by atoms with E-state index in [0.717, 1.165) is 44.3 Å². The van der Waals surface area contributed by atoms with Gasteiger partial charge in [0.1, 0.15) is 5.82 Å². The first-order valence-electron chi connectivity index (χ1n) is 18.4. The van der Waals surface area contributed by atoms with Crippen LogP contribution < -0.4 is 9.30 Å². The number of ether oxygens (including phenoxy) is 1. The Labute approximate surface area is 333 Å². The Hall–Kier alpha value is -4.99. The third-order valence-electron chi connectivity index (χ3n) is 10.1. The van der Waals surface area contributed by atoms with Crippen molar-refractivity contribution in [2.45, 2.75) is 78.6 Å². The van der Waals surface area contributed by atoms with Crippen LogP contribution in [0.1, 0.15) is 79.0 Å².